The molecule has 1 aliphatic heterocycles. The van der Waals surface area contributed by atoms with E-state index in [1.165, 1.54) is 11.1 Å². The third kappa shape index (κ3) is 2.12. The van der Waals surface area contributed by atoms with Crippen molar-refractivity contribution in [2.45, 2.75) is 20.4 Å². The van der Waals surface area contributed by atoms with E-state index >= 15 is 0 Å². The number of ketones is 1. The normalized spacial score (nSPS) is 13.8. The molecule has 0 saturated carbocycles. The van der Waals surface area contributed by atoms with Gasteiger partial charge >= 0.3 is 0 Å². The first-order valence-corrected chi connectivity index (χ1v) is 6.93. The van der Waals surface area contributed by atoms with Crippen molar-refractivity contribution in [3.05, 3.63) is 57.9 Å². The monoisotopic (exact) mass is 300 g/mol. The summed E-state index contributed by atoms with van der Waals surface area (Å²) in [5, 5.41) is 0.483. The van der Waals surface area contributed by atoms with E-state index in [1.54, 1.807) is 12.3 Å². The van der Waals surface area contributed by atoms with Crippen LogP contribution in [0.15, 0.2) is 30.6 Å². The maximum Gasteiger partial charge on any atom is 0.299 e. The topological polar surface area (TPSA) is 50.3 Å². The number of fused-ring (bicyclic) bond motifs is 1. The number of anilines is 1. The van der Waals surface area contributed by atoms with E-state index in [1.807, 2.05) is 26.0 Å². The maximum absolute atomic E-state index is 12.3. The van der Waals surface area contributed by atoms with Crippen LogP contribution >= 0.6 is 11.6 Å². The Morgan fingerprint density at radius 1 is 1.14 bits per heavy atom. The molecule has 5 heteroatoms. The molecule has 0 fully saturated rings. The summed E-state index contributed by atoms with van der Waals surface area (Å²) in [5.74, 6) is -0.952. The number of rotatable bonds is 2. The number of aromatic nitrogens is 1. The van der Waals surface area contributed by atoms with Gasteiger partial charge in [0.25, 0.3) is 11.7 Å². The van der Waals surface area contributed by atoms with E-state index in [2.05, 4.69) is 4.98 Å². The Hall–Kier alpha value is -2.20. The zero-order valence-corrected chi connectivity index (χ0v) is 12.4. The van der Waals surface area contributed by atoms with Crippen LogP contribution in [-0.2, 0) is 11.3 Å². The third-order valence-corrected chi connectivity index (χ3v) is 4.05. The van der Waals surface area contributed by atoms with Gasteiger partial charge in [-0.05, 0) is 36.6 Å². The molecule has 1 amide bonds. The minimum atomic E-state index is -0.504. The van der Waals surface area contributed by atoms with Gasteiger partial charge in [0.2, 0.25) is 0 Å². The van der Waals surface area contributed by atoms with Crippen LogP contribution in [0.3, 0.4) is 0 Å². The van der Waals surface area contributed by atoms with Gasteiger partial charge in [-0.25, -0.2) is 0 Å². The molecule has 0 spiro atoms. The van der Waals surface area contributed by atoms with Gasteiger partial charge in [-0.15, -0.1) is 0 Å². The molecule has 0 saturated heterocycles. The fourth-order valence-electron chi connectivity index (χ4n) is 2.62. The van der Waals surface area contributed by atoms with Crippen LogP contribution in [0.2, 0.25) is 5.02 Å². The van der Waals surface area contributed by atoms with Gasteiger partial charge in [0, 0.05) is 12.4 Å². The summed E-state index contributed by atoms with van der Waals surface area (Å²) < 4.78 is 0. The van der Waals surface area contributed by atoms with Crippen molar-refractivity contribution in [2.75, 3.05) is 4.90 Å². The summed E-state index contributed by atoms with van der Waals surface area (Å²) >= 11 is 6.10. The standard InChI is InChI=1S/C16H13ClN2O2/c1-9-3-4-10(2)14-13(9)15(20)16(21)19(14)8-11-5-6-18-7-12(11)17/h3-7H,8H2,1-2H3. The van der Waals surface area contributed by atoms with Crippen molar-refractivity contribution in [1.82, 2.24) is 4.98 Å². The van der Waals surface area contributed by atoms with Crippen molar-refractivity contribution in [1.29, 1.82) is 0 Å². The van der Waals surface area contributed by atoms with Gasteiger partial charge in [0.1, 0.15) is 0 Å². The van der Waals surface area contributed by atoms with Crippen LogP contribution in [0, 0.1) is 13.8 Å². The Bertz CT molecular complexity index is 771. The summed E-state index contributed by atoms with van der Waals surface area (Å²) in [5.41, 5.74) is 3.68. The van der Waals surface area contributed by atoms with Crippen LogP contribution in [0.4, 0.5) is 5.69 Å². The Labute approximate surface area is 127 Å². The van der Waals surface area contributed by atoms with Gasteiger partial charge in [0.05, 0.1) is 22.8 Å². The highest BCUT2D eigenvalue weighted by atomic mass is 35.5. The minimum Gasteiger partial charge on any atom is -0.300 e. The zero-order valence-electron chi connectivity index (χ0n) is 11.7. The lowest BCUT2D eigenvalue weighted by Crippen LogP contribution is -2.29. The lowest BCUT2D eigenvalue weighted by Gasteiger charge is -2.19. The molecule has 0 N–H and O–H groups in total. The Morgan fingerprint density at radius 3 is 2.57 bits per heavy atom. The highest BCUT2D eigenvalue weighted by Gasteiger charge is 2.38. The summed E-state index contributed by atoms with van der Waals surface area (Å²) in [6, 6.07) is 5.53. The number of amides is 1. The van der Waals surface area contributed by atoms with Crippen molar-refractivity contribution < 1.29 is 9.59 Å². The lowest BCUT2D eigenvalue weighted by molar-refractivity contribution is -0.114. The molecular formula is C16H13ClN2O2. The molecule has 0 bridgehead atoms. The van der Waals surface area contributed by atoms with E-state index in [-0.39, 0.29) is 6.54 Å². The number of Topliss-reactive ketones (excluding diaryl/α,β-unsaturated/α-hetero) is 1. The van der Waals surface area contributed by atoms with Crippen molar-refractivity contribution in [2.24, 2.45) is 0 Å². The summed E-state index contributed by atoms with van der Waals surface area (Å²) in [4.78, 5) is 29.9. The smallest absolute Gasteiger partial charge is 0.299 e. The number of halogens is 1. The van der Waals surface area contributed by atoms with Gasteiger partial charge in [-0.2, -0.15) is 0 Å². The molecule has 2 aromatic rings. The number of carbonyl (C=O) groups excluding carboxylic acids is 2. The first-order valence-electron chi connectivity index (χ1n) is 6.55. The molecule has 0 unspecified atom stereocenters. The first kappa shape index (κ1) is 13.8. The Morgan fingerprint density at radius 2 is 1.86 bits per heavy atom. The predicted molar refractivity (Wildman–Crippen MR) is 80.7 cm³/mol. The van der Waals surface area contributed by atoms with E-state index in [0.717, 1.165) is 16.7 Å². The van der Waals surface area contributed by atoms with Gasteiger partial charge in [-0.3, -0.25) is 14.6 Å². The number of pyridine rings is 1. The predicted octanol–water partition coefficient (Wildman–Crippen LogP) is 3.08. The molecule has 106 valence electrons. The fraction of sp³-hybridized carbons (Fsp3) is 0.188. The number of nitrogens with zero attached hydrogens (tertiary/aromatic N) is 2. The van der Waals surface area contributed by atoms with Crippen molar-refractivity contribution >= 4 is 29.0 Å². The number of carbonyl (C=O) groups is 2. The maximum atomic E-state index is 12.3. The van der Waals surface area contributed by atoms with Crippen LogP contribution in [-0.4, -0.2) is 16.7 Å². The molecule has 2 heterocycles. The average Bonchev–Trinajstić information content (AvgIpc) is 2.71. The van der Waals surface area contributed by atoms with Crippen LogP contribution in [0.1, 0.15) is 27.0 Å². The molecule has 0 aliphatic carbocycles. The van der Waals surface area contributed by atoms with E-state index < -0.39 is 11.7 Å². The molecule has 1 aliphatic rings. The van der Waals surface area contributed by atoms with Gasteiger partial charge in [0.15, 0.2) is 0 Å². The minimum absolute atomic E-state index is 0.267. The van der Waals surface area contributed by atoms with E-state index in [9.17, 15) is 9.59 Å². The molecule has 1 aromatic heterocycles. The Balaban J connectivity index is 2.10. The zero-order chi connectivity index (χ0) is 15.1. The highest BCUT2D eigenvalue weighted by molar-refractivity contribution is 6.52. The molecule has 4 nitrogen and oxygen atoms in total. The fourth-order valence-corrected chi connectivity index (χ4v) is 2.79. The van der Waals surface area contributed by atoms with Gasteiger partial charge < -0.3 is 4.90 Å². The summed E-state index contributed by atoms with van der Waals surface area (Å²) in [6.45, 7) is 4.00. The lowest BCUT2D eigenvalue weighted by atomic mass is 10.0. The quantitative estimate of drug-likeness (QED) is 0.801. The summed E-state index contributed by atoms with van der Waals surface area (Å²) in [6.07, 6.45) is 3.15. The van der Waals surface area contributed by atoms with E-state index in [4.69, 9.17) is 11.6 Å². The number of hydrogen-bond donors (Lipinski definition) is 0. The second-order valence-corrected chi connectivity index (χ2v) is 5.52. The van der Waals surface area contributed by atoms with E-state index in [0.29, 0.717) is 16.3 Å². The van der Waals surface area contributed by atoms with Crippen LogP contribution in [0.5, 0.6) is 0 Å². The molecule has 21 heavy (non-hydrogen) atoms. The molecule has 1 aromatic carbocycles. The van der Waals surface area contributed by atoms with Crippen molar-refractivity contribution in [3.8, 4) is 0 Å². The number of aryl methyl sites for hydroxylation is 2. The second kappa shape index (κ2) is 4.97. The van der Waals surface area contributed by atoms with Crippen LogP contribution in [0.25, 0.3) is 0 Å². The second-order valence-electron chi connectivity index (χ2n) is 5.11. The molecule has 0 radical (unpaired) electrons. The third-order valence-electron chi connectivity index (χ3n) is 3.71. The van der Waals surface area contributed by atoms with Gasteiger partial charge in [-0.1, -0.05) is 23.7 Å². The SMILES string of the molecule is Cc1ccc(C)c2c1C(=O)C(=O)N2Cc1ccncc1Cl. The highest BCUT2D eigenvalue weighted by Crippen LogP contribution is 2.36. The summed E-state index contributed by atoms with van der Waals surface area (Å²) in [7, 11) is 0. The number of benzene rings is 1. The largest absolute Gasteiger partial charge is 0.300 e. The molecule has 0 atom stereocenters. The molecular weight excluding hydrogens is 288 g/mol. The number of hydrogen-bond acceptors (Lipinski definition) is 3. The van der Waals surface area contributed by atoms with Crippen molar-refractivity contribution in [3.63, 3.8) is 0 Å². The Kier molecular flexibility index (Phi) is 3.26. The first-order chi connectivity index (χ1) is 10.0. The van der Waals surface area contributed by atoms with Crippen LogP contribution < -0.4 is 4.90 Å². The molecule has 3 rings (SSSR count). The average molecular weight is 301 g/mol.